The van der Waals surface area contributed by atoms with Gasteiger partial charge in [-0.1, -0.05) is 6.92 Å². The second-order valence-corrected chi connectivity index (χ2v) is 4.71. The summed E-state index contributed by atoms with van der Waals surface area (Å²) in [6, 6.07) is 0. The van der Waals surface area contributed by atoms with Crippen molar-refractivity contribution in [3.8, 4) is 0 Å². The molecule has 1 heterocycles. The summed E-state index contributed by atoms with van der Waals surface area (Å²) in [6.45, 7) is 6.60. The molecule has 1 saturated heterocycles. The fraction of sp³-hybridized carbons (Fsp3) is 0.923. The largest absolute Gasteiger partial charge is 0.381 e. The Hall–Kier alpha value is -0.610. The third-order valence-electron chi connectivity index (χ3n) is 3.08. The van der Waals surface area contributed by atoms with E-state index >= 15 is 0 Å². The van der Waals surface area contributed by atoms with Crippen LogP contribution in [0.4, 0.5) is 0 Å². The van der Waals surface area contributed by atoms with Gasteiger partial charge in [-0.15, -0.1) is 0 Å². The van der Waals surface area contributed by atoms with Crippen LogP contribution in [0.15, 0.2) is 0 Å². The second kappa shape index (κ2) is 9.42. The molecule has 1 amide bonds. The van der Waals surface area contributed by atoms with Crippen molar-refractivity contribution in [1.82, 2.24) is 10.6 Å². The number of ether oxygens (including phenoxy) is 1. The Labute approximate surface area is 104 Å². The molecule has 1 fully saturated rings. The molecule has 1 atom stereocenters. The maximum Gasteiger partial charge on any atom is 0.220 e. The maximum absolute atomic E-state index is 11.5. The highest BCUT2D eigenvalue weighted by atomic mass is 16.5. The van der Waals surface area contributed by atoms with Crippen LogP contribution in [0.25, 0.3) is 0 Å². The number of hydrogen-bond donors (Lipinski definition) is 2. The van der Waals surface area contributed by atoms with Gasteiger partial charge in [0.2, 0.25) is 5.91 Å². The summed E-state index contributed by atoms with van der Waals surface area (Å²) in [6.07, 6.45) is 4.88. The van der Waals surface area contributed by atoms with Crippen LogP contribution >= 0.6 is 0 Å². The summed E-state index contributed by atoms with van der Waals surface area (Å²) >= 11 is 0. The van der Waals surface area contributed by atoms with E-state index in [-0.39, 0.29) is 5.91 Å². The van der Waals surface area contributed by atoms with Gasteiger partial charge in [-0.05, 0) is 44.7 Å². The standard InChI is InChI=1S/C13H26N2O2/c1-2-9-17-10-3-7-15-13(16)5-4-12-6-8-14-11-12/h12,14H,2-11H2,1H3,(H,15,16). The van der Waals surface area contributed by atoms with Crippen molar-refractivity contribution >= 4 is 5.91 Å². The molecule has 0 aromatic rings. The van der Waals surface area contributed by atoms with E-state index in [1.165, 1.54) is 6.42 Å². The van der Waals surface area contributed by atoms with E-state index in [4.69, 9.17) is 4.74 Å². The number of nitrogens with one attached hydrogen (secondary N) is 2. The number of amides is 1. The summed E-state index contributed by atoms with van der Waals surface area (Å²) in [7, 11) is 0. The highest BCUT2D eigenvalue weighted by Gasteiger charge is 2.15. The van der Waals surface area contributed by atoms with Crippen LogP contribution in [-0.2, 0) is 9.53 Å². The molecule has 1 aliphatic heterocycles. The minimum atomic E-state index is 0.187. The Balaban J connectivity index is 1.87. The third kappa shape index (κ3) is 7.34. The average molecular weight is 242 g/mol. The van der Waals surface area contributed by atoms with Gasteiger partial charge < -0.3 is 15.4 Å². The first-order chi connectivity index (χ1) is 8.33. The Kier molecular flexibility index (Phi) is 8.01. The molecule has 0 aromatic heterocycles. The number of rotatable bonds is 9. The summed E-state index contributed by atoms with van der Waals surface area (Å²) in [5.41, 5.74) is 0. The summed E-state index contributed by atoms with van der Waals surface area (Å²) < 4.78 is 5.35. The van der Waals surface area contributed by atoms with Crippen molar-refractivity contribution in [1.29, 1.82) is 0 Å². The van der Waals surface area contributed by atoms with E-state index < -0.39 is 0 Å². The average Bonchev–Trinajstić information content (AvgIpc) is 2.84. The normalized spacial score (nSPS) is 19.5. The molecular formula is C13H26N2O2. The minimum absolute atomic E-state index is 0.187. The van der Waals surface area contributed by atoms with Gasteiger partial charge in [0.05, 0.1) is 0 Å². The second-order valence-electron chi connectivity index (χ2n) is 4.71. The summed E-state index contributed by atoms with van der Waals surface area (Å²) in [5, 5.41) is 6.26. The van der Waals surface area contributed by atoms with Crippen LogP contribution in [0, 0.1) is 5.92 Å². The Bertz CT molecular complexity index is 204. The molecule has 0 spiro atoms. The molecule has 1 aliphatic rings. The van der Waals surface area contributed by atoms with Crippen LogP contribution < -0.4 is 10.6 Å². The van der Waals surface area contributed by atoms with Gasteiger partial charge in [0.1, 0.15) is 0 Å². The van der Waals surface area contributed by atoms with E-state index in [1.807, 2.05) is 0 Å². The SMILES string of the molecule is CCCOCCCNC(=O)CCC1CCNC1. The van der Waals surface area contributed by atoms with Crippen molar-refractivity contribution in [2.24, 2.45) is 5.92 Å². The van der Waals surface area contributed by atoms with Gasteiger partial charge >= 0.3 is 0 Å². The van der Waals surface area contributed by atoms with E-state index in [2.05, 4.69) is 17.6 Å². The zero-order valence-corrected chi connectivity index (χ0v) is 11.0. The van der Waals surface area contributed by atoms with E-state index in [9.17, 15) is 4.79 Å². The molecule has 100 valence electrons. The van der Waals surface area contributed by atoms with Gasteiger partial charge in [0.15, 0.2) is 0 Å². The van der Waals surface area contributed by atoms with Crippen molar-refractivity contribution in [2.75, 3.05) is 32.8 Å². The fourth-order valence-electron chi connectivity index (χ4n) is 2.03. The number of hydrogen-bond acceptors (Lipinski definition) is 3. The van der Waals surface area contributed by atoms with Gasteiger partial charge in [0, 0.05) is 26.2 Å². The smallest absolute Gasteiger partial charge is 0.220 e. The van der Waals surface area contributed by atoms with E-state index in [1.54, 1.807) is 0 Å². The quantitative estimate of drug-likeness (QED) is 0.599. The van der Waals surface area contributed by atoms with Crippen LogP contribution in [0.5, 0.6) is 0 Å². The van der Waals surface area contributed by atoms with Crippen LogP contribution in [0.1, 0.15) is 39.0 Å². The molecular weight excluding hydrogens is 216 g/mol. The maximum atomic E-state index is 11.5. The van der Waals surface area contributed by atoms with Gasteiger partial charge in [-0.25, -0.2) is 0 Å². The Morgan fingerprint density at radius 2 is 2.35 bits per heavy atom. The topological polar surface area (TPSA) is 50.4 Å². The van der Waals surface area contributed by atoms with Crippen LogP contribution in [0.2, 0.25) is 0 Å². The minimum Gasteiger partial charge on any atom is -0.381 e. The molecule has 0 radical (unpaired) electrons. The Morgan fingerprint density at radius 1 is 1.47 bits per heavy atom. The van der Waals surface area contributed by atoms with Crippen molar-refractivity contribution in [3.63, 3.8) is 0 Å². The molecule has 2 N–H and O–H groups in total. The third-order valence-corrected chi connectivity index (χ3v) is 3.08. The first-order valence-electron chi connectivity index (χ1n) is 6.88. The predicted octanol–water partition coefficient (Wildman–Crippen LogP) is 1.31. The van der Waals surface area contributed by atoms with Crippen molar-refractivity contribution in [2.45, 2.75) is 39.0 Å². The first kappa shape index (κ1) is 14.5. The van der Waals surface area contributed by atoms with Crippen LogP contribution in [0.3, 0.4) is 0 Å². The highest BCUT2D eigenvalue weighted by molar-refractivity contribution is 5.75. The Morgan fingerprint density at radius 3 is 3.06 bits per heavy atom. The zero-order valence-electron chi connectivity index (χ0n) is 11.0. The van der Waals surface area contributed by atoms with Crippen molar-refractivity contribution in [3.05, 3.63) is 0 Å². The molecule has 17 heavy (non-hydrogen) atoms. The molecule has 1 rings (SSSR count). The lowest BCUT2D eigenvalue weighted by Gasteiger charge is -2.08. The lowest BCUT2D eigenvalue weighted by Crippen LogP contribution is -2.25. The predicted molar refractivity (Wildman–Crippen MR) is 68.9 cm³/mol. The fourth-order valence-corrected chi connectivity index (χ4v) is 2.03. The monoisotopic (exact) mass is 242 g/mol. The molecule has 0 bridgehead atoms. The van der Waals surface area contributed by atoms with Gasteiger partial charge in [-0.3, -0.25) is 4.79 Å². The van der Waals surface area contributed by atoms with Crippen LogP contribution in [-0.4, -0.2) is 38.8 Å². The van der Waals surface area contributed by atoms with E-state index in [0.29, 0.717) is 12.3 Å². The number of carbonyl (C=O) groups excluding carboxylic acids is 1. The molecule has 0 aliphatic carbocycles. The molecule has 0 saturated carbocycles. The first-order valence-corrected chi connectivity index (χ1v) is 6.88. The van der Waals surface area contributed by atoms with Gasteiger partial charge in [0.25, 0.3) is 0 Å². The molecule has 4 heteroatoms. The summed E-state index contributed by atoms with van der Waals surface area (Å²) in [4.78, 5) is 11.5. The highest BCUT2D eigenvalue weighted by Crippen LogP contribution is 2.13. The van der Waals surface area contributed by atoms with Gasteiger partial charge in [-0.2, -0.15) is 0 Å². The zero-order chi connectivity index (χ0) is 12.3. The molecule has 4 nitrogen and oxygen atoms in total. The number of carbonyl (C=O) groups is 1. The van der Waals surface area contributed by atoms with E-state index in [0.717, 1.165) is 52.1 Å². The summed E-state index contributed by atoms with van der Waals surface area (Å²) in [5.74, 6) is 0.890. The lowest BCUT2D eigenvalue weighted by molar-refractivity contribution is -0.121. The van der Waals surface area contributed by atoms with Crippen molar-refractivity contribution < 1.29 is 9.53 Å². The molecule has 0 aromatic carbocycles. The molecule has 1 unspecified atom stereocenters. The lowest BCUT2D eigenvalue weighted by atomic mass is 10.0.